The standard InChI is InChI=1S/C18H31NO4/c1-12(2)8-13-10-19(14(20)9-17(3,4)5)16-15(13)23-11-18(16,21-6)22-7/h8,13,15-16H,9-11H2,1-7H3/t13-,15-,16+/m1/s1. The van der Waals surface area contributed by atoms with Crippen LogP contribution in [0.1, 0.15) is 41.0 Å². The fourth-order valence-corrected chi connectivity index (χ4v) is 3.69. The van der Waals surface area contributed by atoms with Gasteiger partial charge in [0.25, 0.3) is 0 Å². The molecule has 0 bridgehead atoms. The molecule has 3 atom stereocenters. The van der Waals surface area contributed by atoms with Crippen molar-refractivity contribution in [3.05, 3.63) is 11.6 Å². The van der Waals surface area contributed by atoms with Crippen molar-refractivity contribution in [1.82, 2.24) is 4.90 Å². The number of likely N-dealkylation sites (tertiary alicyclic amines) is 1. The number of carbonyl (C=O) groups is 1. The Balaban J connectivity index is 2.32. The second-order valence-electron chi connectivity index (χ2n) is 8.13. The van der Waals surface area contributed by atoms with E-state index in [1.165, 1.54) is 5.57 Å². The van der Waals surface area contributed by atoms with Crippen LogP contribution in [0.25, 0.3) is 0 Å². The predicted octanol–water partition coefficient (Wildman–Crippen LogP) is 2.60. The molecule has 2 saturated heterocycles. The number of carbonyl (C=O) groups excluding carboxylic acids is 1. The van der Waals surface area contributed by atoms with Gasteiger partial charge >= 0.3 is 0 Å². The van der Waals surface area contributed by atoms with Crippen LogP contribution in [-0.2, 0) is 19.0 Å². The topological polar surface area (TPSA) is 48.0 Å². The van der Waals surface area contributed by atoms with Crippen molar-refractivity contribution < 1.29 is 19.0 Å². The molecule has 2 aliphatic rings. The van der Waals surface area contributed by atoms with E-state index in [1.807, 2.05) is 4.90 Å². The third kappa shape index (κ3) is 3.62. The van der Waals surface area contributed by atoms with Crippen molar-refractivity contribution in [3.8, 4) is 0 Å². The fourth-order valence-electron chi connectivity index (χ4n) is 3.69. The summed E-state index contributed by atoms with van der Waals surface area (Å²) in [6, 6.07) is -0.201. The molecule has 23 heavy (non-hydrogen) atoms. The Kier molecular flexibility index (Phi) is 5.24. The molecular weight excluding hydrogens is 294 g/mol. The SMILES string of the molecule is COC1(OC)CO[C@@H]2[C@H](C=C(C)C)CN(C(=O)CC(C)(C)C)[C@@H]21. The van der Waals surface area contributed by atoms with E-state index in [9.17, 15) is 4.79 Å². The largest absolute Gasteiger partial charge is 0.369 e. The average molecular weight is 325 g/mol. The quantitative estimate of drug-likeness (QED) is 0.589. The first-order chi connectivity index (χ1) is 10.6. The van der Waals surface area contributed by atoms with Gasteiger partial charge in [-0.1, -0.05) is 32.4 Å². The minimum Gasteiger partial charge on any atom is -0.369 e. The van der Waals surface area contributed by atoms with Gasteiger partial charge in [0.2, 0.25) is 11.7 Å². The van der Waals surface area contributed by atoms with E-state index in [-0.39, 0.29) is 29.4 Å². The predicted molar refractivity (Wildman–Crippen MR) is 89.0 cm³/mol. The number of nitrogens with zero attached hydrogens (tertiary/aromatic N) is 1. The van der Waals surface area contributed by atoms with Crippen LogP contribution in [0, 0.1) is 11.3 Å². The maximum Gasteiger partial charge on any atom is 0.223 e. The van der Waals surface area contributed by atoms with Gasteiger partial charge in [0.1, 0.15) is 12.6 Å². The van der Waals surface area contributed by atoms with Gasteiger partial charge in [0, 0.05) is 33.1 Å². The van der Waals surface area contributed by atoms with E-state index < -0.39 is 5.79 Å². The number of amides is 1. The molecule has 0 unspecified atom stereocenters. The van der Waals surface area contributed by atoms with E-state index in [0.29, 0.717) is 19.6 Å². The van der Waals surface area contributed by atoms with E-state index in [1.54, 1.807) is 14.2 Å². The molecular formula is C18H31NO4. The first-order valence-electron chi connectivity index (χ1n) is 8.30. The minimum absolute atomic E-state index is 0.0521. The summed E-state index contributed by atoms with van der Waals surface area (Å²) in [5.74, 6) is -0.551. The van der Waals surface area contributed by atoms with Crippen molar-refractivity contribution in [2.45, 2.75) is 59.0 Å². The monoisotopic (exact) mass is 325 g/mol. The Morgan fingerprint density at radius 1 is 1.30 bits per heavy atom. The third-order valence-electron chi connectivity index (χ3n) is 4.64. The number of hydrogen-bond acceptors (Lipinski definition) is 4. The molecule has 0 N–H and O–H groups in total. The molecule has 1 amide bonds. The normalized spacial score (nSPS) is 29.5. The summed E-state index contributed by atoms with van der Waals surface area (Å²) in [5.41, 5.74) is 1.18. The molecule has 2 aliphatic heterocycles. The lowest BCUT2D eigenvalue weighted by atomic mass is 9.91. The Hall–Kier alpha value is -0.910. The Bertz CT molecular complexity index is 472. The number of rotatable bonds is 4. The molecule has 0 aromatic rings. The highest BCUT2D eigenvalue weighted by Gasteiger charge is 2.60. The van der Waals surface area contributed by atoms with Gasteiger partial charge in [0.15, 0.2) is 0 Å². The van der Waals surface area contributed by atoms with Crippen LogP contribution in [0.15, 0.2) is 11.6 Å². The van der Waals surface area contributed by atoms with Crippen LogP contribution in [0.3, 0.4) is 0 Å². The molecule has 2 heterocycles. The molecule has 2 fully saturated rings. The number of allylic oxidation sites excluding steroid dienone is 1. The smallest absolute Gasteiger partial charge is 0.223 e. The van der Waals surface area contributed by atoms with Crippen molar-refractivity contribution in [2.75, 3.05) is 27.4 Å². The van der Waals surface area contributed by atoms with Gasteiger partial charge < -0.3 is 19.1 Å². The molecule has 0 saturated carbocycles. The van der Waals surface area contributed by atoms with Crippen LogP contribution in [0.5, 0.6) is 0 Å². The lowest BCUT2D eigenvalue weighted by Gasteiger charge is -2.36. The zero-order valence-electron chi connectivity index (χ0n) is 15.5. The Morgan fingerprint density at radius 3 is 2.39 bits per heavy atom. The average Bonchev–Trinajstić information content (AvgIpc) is 2.96. The summed E-state index contributed by atoms with van der Waals surface area (Å²) in [5, 5.41) is 0. The van der Waals surface area contributed by atoms with Crippen LogP contribution in [0.4, 0.5) is 0 Å². The van der Waals surface area contributed by atoms with Crippen LogP contribution < -0.4 is 0 Å². The molecule has 0 aromatic carbocycles. The minimum atomic E-state index is -0.873. The van der Waals surface area contributed by atoms with E-state index in [0.717, 1.165) is 0 Å². The molecule has 0 radical (unpaired) electrons. The van der Waals surface area contributed by atoms with Crippen LogP contribution in [0.2, 0.25) is 0 Å². The van der Waals surface area contributed by atoms with Crippen molar-refractivity contribution >= 4 is 5.91 Å². The molecule has 5 heteroatoms. The maximum absolute atomic E-state index is 12.9. The number of fused-ring (bicyclic) bond motifs is 1. The van der Waals surface area contributed by atoms with Gasteiger partial charge in [-0.15, -0.1) is 0 Å². The van der Waals surface area contributed by atoms with Gasteiger partial charge in [0.05, 0.1) is 6.10 Å². The van der Waals surface area contributed by atoms with E-state index >= 15 is 0 Å². The van der Waals surface area contributed by atoms with Crippen molar-refractivity contribution in [1.29, 1.82) is 0 Å². The highest BCUT2D eigenvalue weighted by Crippen LogP contribution is 2.43. The molecule has 0 aromatic heterocycles. The fraction of sp³-hybridized carbons (Fsp3) is 0.833. The highest BCUT2D eigenvalue weighted by atomic mass is 16.7. The number of ether oxygens (including phenoxy) is 3. The van der Waals surface area contributed by atoms with E-state index in [2.05, 4.69) is 40.7 Å². The van der Waals surface area contributed by atoms with Gasteiger partial charge in [-0.05, 0) is 19.3 Å². The van der Waals surface area contributed by atoms with Crippen molar-refractivity contribution in [3.63, 3.8) is 0 Å². The molecule has 0 aliphatic carbocycles. The summed E-state index contributed by atoms with van der Waals surface area (Å²) in [7, 11) is 3.24. The number of hydrogen-bond donors (Lipinski definition) is 0. The molecule has 0 spiro atoms. The van der Waals surface area contributed by atoms with Crippen LogP contribution >= 0.6 is 0 Å². The summed E-state index contributed by atoms with van der Waals surface area (Å²) >= 11 is 0. The summed E-state index contributed by atoms with van der Waals surface area (Å²) < 4.78 is 17.3. The molecule has 132 valence electrons. The van der Waals surface area contributed by atoms with Crippen LogP contribution in [-0.4, -0.2) is 56.1 Å². The first-order valence-corrected chi connectivity index (χ1v) is 8.30. The Labute approximate surface area is 140 Å². The highest BCUT2D eigenvalue weighted by molar-refractivity contribution is 5.78. The third-order valence-corrected chi connectivity index (χ3v) is 4.64. The lowest BCUT2D eigenvalue weighted by Crippen LogP contribution is -2.55. The van der Waals surface area contributed by atoms with Gasteiger partial charge in [-0.3, -0.25) is 4.79 Å². The summed E-state index contributed by atoms with van der Waals surface area (Å²) in [6.07, 6.45) is 2.62. The lowest BCUT2D eigenvalue weighted by molar-refractivity contribution is -0.227. The van der Waals surface area contributed by atoms with Gasteiger partial charge in [-0.2, -0.15) is 0 Å². The summed E-state index contributed by atoms with van der Waals surface area (Å²) in [4.78, 5) is 14.8. The molecule has 2 rings (SSSR count). The number of methoxy groups -OCH3 is 2. The summed E-state index contributed by atoms with van der Waals surface area (Å²) in [6.45, 7) is 11.4. The Morgan fingerprint density at radius 2 is 1.91 bits per heavy atom. The first kappa shape index (κ1) is 18.4. The zero-order chi connectivity index (χ0) is 17.4. The maximum atomic E-state index is 12.9. The van der Waals surface area contributed by atoms with Gasteiger partial charge in [-0.25, -0.2) is 0 Å². The van der Waals surface area contributed by atoms with Crippen molar-refractivity contribution in [2.24, 2.45) is 11.3 Å². The second-order valence-corrected chi connectivity index (χ2v) is 8.13. The molecule has 5 nitrogen and oxygen atoms in total. The second kappa shape index (κ2) is 6.54. The van der Waals surface area contributed by atoms with E-state index in [4.69, 9.17) is 14.2 Å². The zero-order valence-corrected chi connectivity index (χ0v) is 15.5.